The molecule has 0 unspecified atom stereocenters. The second-order valence-corrected chi connectivity index (χ2v) is 5.39. The number of aryl methyl sites for hydroxylation is 1. The summed E-state index contributed by atoms with van der Waals surface area (Å²) < 4.78 is 13.8. The van der Waals surface area contributed by atoms with Crippen LogP contribution >= 0.6 is 0 Å². The fraction of sp³-hybridized carbons (Fsp3) is 0.167. The van der Waals surface area contributed by atoms with Gasteiger partial charge in [-0.2, -0.15) is 0 Å². The molecule has 2 aromatic carbocycles. The van der Waals surface area contributed by atoms with Gasteiger partial charge in [-0.1, -0.05) is 18.2 Å². The molecule has 0 aliphatic carbocycles. The van der Waals surface area contributed by atoms with Crippen molar-refractivity contribution in [2.75, 3.05) is 10.6 Å². The van der Waals surface area contributed by atoms with Gasteiger partial charge < -0.3 is 15.7 Å². The van der Waals surface area contributed by atoms with Crippen LogP contribution in [0.2, 0.25) is 0 Å². The number of nitrogens with one attached hydrogen (secondary N) is 2. The van der Waals surface area contributed by atoms with Crippen molar-refractivity contribution in [1.29, 1.82) is 0 Å². The predicted octanol–water partition coefficient (Wildman–Crippen LogP) is 3.05. The Kier molecular flexibility index (Phi) is 5.84. The number of carboxylic acid groups (broad SMARTS) is 1. The lowest BCUT2D eigenvalue weighted by Gasteiger charge is -2.10. The quantitative estimate of drug-likeness (QED) is 0.750. The highest BCUT2D eigenvalue weighted by Crippen LogP contribution is 2.20. The van der Waals surface area contributed by atoms with E-state index in [-0.39, 0.29) is 30.0 Å². The van der Waals surface area contributed by atoms with E-state index < -0.39 is 17.7 Å². The van der Waals surface area contributed by atoms with Crippen LogP contribution in [0, 0.1) is 5.82 Å². The molecular formula is C18H17FN2O4. The van der Waals surface area contributed by atoms with E-state index >= 15 is 0 Å². The van der Waals surface area contributed by atoms with E-state index in [1.165, 1.54) is 25.1 Å². The monoisotopic (exact) mass is 344 g/mol. The van der Waals surface area contributed by atoms with Crippen LogP contribution in [0.25, 0.3) is 0 Å². The molecule has 7 heteroatoms. The maximum atomic E-state index is 13.8. The van der Waals surface area contributed by atoms with Crippen molar-refractivity contribution in [3.05, 3.63) is 59.4 Å². The van der Waals surface area contributed by atoms with Gasteiger partial charge in [-0.25, -0.2) is 9.18 Å². The molecule has 2 amide bonds. The van der Waals surface area contributed by atoms with Gasteiger partial charge in [-0.3, -0.25) is 9.59 Å². The van der Waals surface area contributed by atoms with Gasteiger partial charge in [0.05, 0.1) is 11.3 Å². The Morgan fingerprint density at radius 1 is 1.08 bits per heavy atom. The van der Waals surface area contributed by atoms with E-state index in [0.29, 0.717) is 11.3 Å². The van der Waals surface area contributed by atoms with Crippen LogP contribution in [-0.4, -0.2) is 22.9 Å². The average Bonchev–Trinajstić information content (AvgIpc) is 2.55. The minimum atomic E-state index is -1.06. The van der Waals surface area contributed by atoms with Gasteiger partial charge in [0.25, 0.3) is 0 Å². The molecule has 25 heavy (non-hydrogen) atoms. The van der Waals surface area contributed by atoms with E-state index in [0.717, 1.165) is 6.07 Å². The number of amides is 2. The second-order valence-electron chi connectivity index (χ2n) is 5.39. The number of carbonyl (C=O) groups is 3. The fourth-order valence-corrected chi connectivity index (χ4v) is 2.31. The number of rotatable bonds is 6. The van der Waals surface area contributed by atoms with Crippen molar-refractivity contribution < 1.29 is 23.9 Å². The number of halogens is 1. The first-order chi connectivity index (χ1) is 11.9. The molecule has 130 valence electrons. The summed E-state index contributed by atoms with van der Waals surface area (Å²) >= 11 is 0. The van der Waals surface area contributed by atoms with Crippen molar-refractivity contribution in [3.63, 3.8) is 0 Å². The van der Waals surface area contributed by atoms with Gasteiger partial charge in [-0.15, -0.1) is 0 Å². The predicted molar refractivity (Wildman–Crippen MR) is 91.1 cm³/mol. The zero-order chi connectivity index (χ0) is 18.4. The highest BCUT2D eigenvalue weighted by molar-refractivity contribution is 5.94. The van der Waals surface area contributed by atoms with E-state index in [1.54, 1.807) is 18.2 Å². The summed E-state index contributed by atoms with van der Waals surface area (Å²) in [5.41, 5.74) is 0.968. The molecule has 2 aromatic rings. The topological polar surface area (TPSA) is 95.5 Å². The van der Waals surface area contributed by atoms with Crippen LogP contribution in [0.15, 0.2) is 42.5 Å². The first kappa shape index (κ1) is 18.1. The lowest BCUT2D eigenvalue weighted by atomic mass is 10.0. The number of benzene rings is 2. The minimum absolute atomic E-state index is 0.00586. The van der Waals surface area contributed by atoms with Crippen molar-refractivity contribution in [2.45, 2.75) is 19.8 Å². The van der Waals surface area contributed by atoms with Gasteiger partial charge in [0.15, 0.2) is 0 Å². The van der Waals surface area contributed by atoms with Gasteiger partial charge in [0.2, 0.25) is 11.8 Å². The molecule has 0 aliphatic rings. The summed E-state index contributed by atoms with van der Waals surface area (Å²) in [6, 6.07) is 10.2. The highest BCUT2D eigenvalue weighted by atomic mass is 19.1. The van der Waals surface area contributed by atoms with Crippen molar-refractivity contribution in [1.82, 2.24) is 0 Å². The fourth-order valence-electron chi connectivity index (χ4n) is 2.31. The standard InChI is InChI=1S/C18H17FN2O4/c1-11(22)20-13-7-8-15(19)16(10-13)21-17(23)9-6-12-4-2-3-5-14(12)18(24)25/h2-5,7-8,10H,6,9H2,1H3,(H,20,22)(H,21,23)(H,24,25). The molecule has 0 aromatic heterocycles. The van der Waals surface area contributed by atoms with Crippen LogP contribution in [0.3, 0.4) is 0 Å². The zero-order valence-corrected chi connectivity index (χ0v) is 13.5. The molecular weight excluding hydrogens is 327 g/mol. The second kappa shape index (κ2) is 8.05. The molecule has 0 saturated carbocycles. The molecule has 0 bridgehead atoms. The lowest BCUT2D eigenvalue weighted by Crippen LogP contribution is -2.15. The summed E-state index contributed by atoms with van der Waals surface area (Å²) in [6.07, 6.45) is 0.204. The number of carbonyl (C=O) groups excluding carboxylic acids is 2. The first-order valence-electron chi connectivity index (χ1n) is 7.55. The van der Waals surface area contributed by atoms with E-state index in [1.807, 2.05) is 0 Å². The molecule has 0 saturated heterocycles. The Hall–Kier alpha value is -3.22. The Morgan fingerprint density at radius 3 is 2.48 bits per heavy atom. The zero-order valence-electron chi connectivity index (χ0n) is 13.5. The summed E-state index contributed by atoms with van der Waals surface area (Å²) in [5.74, 6) is -2.47. The molecule has 0 fully saturated rings. The summed E-state index contributed by atoms with van der Waals surface area (Å²) in [5, 5.41) is 14.1. The molecule has 3 N–H and O–H groups in total. The van der Waals surface area contributed by atoms with Crippen molar-refractivity contribution in [2.24, 2.45) is 0 Å². The molecule has 0 atom stereocenters. The number of hydrogen-bond acceptors (Lipinski definition) is 3. The Morgan fingerprint density at radius 2 is 1.80 bits per heavy atom. The van der Waals surface area contributed by atoms with Crippen LogP contribution < -0.4 is 10.6 Å². The van der Waals surface area contributed by atoms with Crippen LogP contribution in [0.4, 0.5) is 15.8 Å². The summed E-state index contributed by atoms with van der Waals surface area (Å²) in [4.78, 5) is 34.2. The summed E-state index contributed by atoms with van der Waals surface area (Å²) in [6.45, 7) is 1.32. The van der Waals surface area contributed by atoms with Crippen molar-refractivity contribution >= 4 is 29.2 Å². The number of aromatic carboxylic acids is 1. The molecule has 0 spiro atoms. The Bertz CT molecular complexity index is 820. The Balaban J connectivity index is 2.03. The maximum Gasteiger partial charge on any atom is 0.335 e. The largest absolute Gasteiger partial charge is 0.478 e. The van der Waals surface area contributed by atoms with E-state index in [2.05, 4.69) is 10.6 Å². The highest BCUT2D eigenvalue weighted by Gasteiger charge is 2.12. The van der Waals surface area contributed by atoms with Gasteiger partial charge in [0, 0.05) is 19.0 Å². The Labute approximate surface area is 143 Å². The van der Waals surface area contributed by atoms with Crippen molar-refractivity contribution in [3.8, 4) is 0 Å². The molecule has 6 nitrogen and oxygen atoms in total. The smallest absolute Gasteiger partial charge is 0.335 e. The molecule has 0 aliphatic heterocycles. The SMILES string of the molecule is CC(=O)Nc1ccc(F)c(NC(=O)CCc2ccccc2C(=O)O)c1. The number of hydrogen-bond donors (Lipinski definition) is 3. The van der Waals surface area contributed by atoms with Gasteiger partial charge in [0.1, 0.15) is 5.82 Å². The maximum absolute atomic E-state index is 13.8. The summed E-state index contributed by atoms with van der Waals surface area (Å²) in [7, 11) is 0. The van der Waals surface area contributed by atoms with Gasteiger partial charge in [-0.05, 0) is 36.2 Å². The number of anilines is 2. The third kappa shape index (κ3) is 5.13. The average molecular weight is 344 g/mol. The van der Waals surface area contributed by atoms with Gasteiger partial charge >= 0.3 is 5.97 Å². The molecule has 2 rings (SSSR count). The normalized spacial score (nSPS) is 10.2. The van der Waals surface area contributed by atoms with Crippen LogP contribution in [0.5, 0.6) is 0 Å². The molecule has 0 radical (unpaired) electrons. The minimum Gasteiger partial charge on any atom is -0.478 e. The van der Waals surface area contributed by atoms with E-state index in [9.17, 15) is 18.8 Å². The first-order valence-corrected chi connectivity index (χ1v) is 7.55. The molecule has 0 heterocycles. The van der Waals surface area contributed by atoms with E-state index in [4.69, 9.17) is 5.11 Å². The number of carboxylic acids is 1. The third-order valence-electron chi connectivity index (χ3n) is 3.43. The lowest BCUT2D eigenvalue weighted by molar-refractivity contribution is -0.116. The third-order valence-corrected chi connectivity index (χ3v) is 3.43. The van der Waals surface area contributed by atoms with Crippen LogP contribution in [-0.2, 0) is 16.0 Å². The van der Waals surface area contributed by atoms with Crippen LogP contribution in [0.1, 0.15) is 29.3 Å².